The third-order valence-electron chi connectivity index (χ3n) is 4.40. The topological polar surface area (TPSA) is 63.5 Å². The number of aliphatic imine (C=N–C) groups is 1. The van der Waals surface area contributed by atoms with E-state index in [-0.39, 0.29) is 24.0 Å². The van der Waals surface area contributed by atoms with Crippen molar-refractivity contribution in [1.82, 2.24) is 20.4 Å². The first-order valence-electron chi connectivity index (χ1n) is 8.95. The van der Waals surface area contributed by atoms with E-state index in [0.29, 0.717) is 12.0 Å². The second-order valence-corrected chi connectivity index (χ2v) is 6.48. The SMILES string of the molecule is CCOC(CCNC(=NC)NCCc1c(C)nn(C)c1C)C(C)C.I. The van der Waals surface area contributed by atoms with Gasteiger partial charge in [0.05, 0.1) is 11.8 Å². The normalized spacial score (nSPS) is 12.9. The van der Waals surface area contributed by atoms with Gasteiger partial charge in [-0.2, -0.15) is 5.10 Å². The smallest absolute Gasteiger partial charge is 0.190 e. The highest BCUT2D eigenvalue weighted by Crippen LogP contribution is 2.12. The van der Waals surface area contributed by atoms with Crippen LogP contribution < -0.4 is 10.6 Å². The Morgan fingerprint density at radius 2 is 1.88 bits per heavy atom. The Morgan fingerprint density at radius 1 is 1.24 bits per heavy atom. The molecule has 1 rings (SSSR count). The largest absolute Gasteiger partial charge is 0.378 e. The summed E-state index contributed by atoms with van der Waals surface area (Å²) in [5.74, 6) is 1.37. The van der Waals surface area contributed by atoms with E-state index in [1.807, 2.05) is 18.7 Å². The quantitative estimate of drug-likeness (QED) is 0.335. The van der Waals surface area contributed by atoms with Crippen LogP contribution in [-0.2, 0) is 18.2 Å². The zero-order chi connectivity index (χ0) is 18.1. The number of aromatic nitrogens is 2. The maximum Gasteiger partial charge on any atom is 0.190 e. The number of nitrogens with one attached hydrogen (secondary N) is 2. The molecule has 0 radical (unpaired) electrons. The number of halogens is 1. The van der Waals surface area contributed by atoms with Gasteiger partial charge in [-0.3, -0.25) is 9.67 Å². The van der Waals surface area contributed by atoms with Crippen LogP contribution in [0, 0.1) is 19.8 Å². The average molecular weight is 465 g/mol. The summed E-state index contributed by atoms with van der Waals surface area (Å²) in [5, 5.41) is 11.2. The number of hydrogen-bond donors (Lipinski definition) is 2. The molecule has 0 saturated heterocycles. The standard InChI is InChI=1S/C18H35N5O.HI/c1-8-24-17(13(2)3)10-12-21-18(19-6)20-11-9-16-14(4)22-23(7)15(16)5;/h13,17H,8-12H2,1-7H3,(H2,19,20,21);1H. The van der Waals surface area contributed by atoms with Gasteiger partial charge in [0.2, 0.25) is 0 Å². The van der Waals surface area contributed by atoms with Gasteiger partial charge in [-0.15, -0.1) is 24.0 Å². The molecule has 0 aliphatic rings. The highest BCUT2D eigenvalue weighted by atomic mass is 127. The monoisotopic (exact) mass is 465 g/mol. The highest BCUT2D eigenvalue weighted by Gasteiger charge is 2.13. The van der Waals surface area contributed by atoms with Crippen LogP contribution in [0.15, 0.2) is 4.99 Å². The second-order valence-electron chi connectivity index (χ2n) is 6.48. The predicted octanol–water partition coefficient (Wildman–Crippen LogP) is 2.81. The summed E-state index contributed by atoms with van der Waals surface area (Å²) >= 11 is 0. The Morgan fingerprint density at radius 3 is 2.36 bits per heavy atom. The molecule has 0 aliphatic heterocycles. The molecule has 1 aromatic rings. The summed E-state index contributed by atoms with van der Waals surface area (Å²) in [6.07, 6.45) is 2.22. The minimum absolute atomic E-state index is 0. The van der Waals surface area contributed by atoms with Crippen molar-refractivity contribution in [2.45, 2.75) is 53.6 Å². The van der Waals surface area contributed by atoms with E-state index in [2.05, 4.69) is 48.4 Å². The van der Waals surface area contributed by atoms with E-state index in [4.69, 9.17) is 4.74 Å². The fraction of sp³-hybridized carbons (Fsp3) is 0.778. The van der Waals surface area contributed by atoms with Gasteiger partial charge in [-0.1, -0.05) is 13.8 Å². The Labute approximate surface area is 170 Å². The van der Waals surface area contributed by atoms with Crippen molar-refractivity contribution in [3.8, 4) is 0 Å². The van der Waals surface area contributed by atoms with Crippen molar-refractivity contribution in [1.29, 1.82) is 0 Å². The van der Waals surface area contributed by atoms with E-state index >= 15 is 0 Å². The van der Waals surface area contributed by atoms with Crippen molar-refractivity contribution >= 4 is 29.9 Å². The third kappa shape index (κ3) is 7.94. The first kappa shape index (κ1) is 24.2. The first-order chi connectivity index (χ1) is 11.4. The van der Waals surface area contributed by atoms with Crippen LogP contribution in [0.4, 0.5) is 0 Å². The van der Waals surface area contributed by atoms with Crippen LogP contribution >= 0.6 is 24.0 Å². The van der Waals surface area contributed by atoms with Crippen LogP contribution in [0.3, 0.4) is 0 Å². The van der Waals surface area contributed by atoms with E-state index in [1.54, 1.807) is 7.05 Å². The summed E-state index contributed by atoms with van der Waals surface area (Å²) < 4.78 is 7.72. The number of hydrogen-bond acceptors (Lipinski definition) is 3. The highest BCUT2D eigenvalue weighted by molar-refractivity contribution is 14.0. The fourth-order valence-electron chi connectivity index (χ4n) is 2.86. The molecule has 0 aromatic carbocycles. The summed E-state index contributed by atoms with van der Waals surface area (Å²) in [6.45, 7) is 13.1. The lowest BCUT2D eigenvalue weighted by Crippen LogP contribution is -2.40. The van der Waals surface area contributed by atoms with E-state index in [9.17, 15) is 0 Å². The summed E-state index contributed by atoms with van der Waals surface area (Å²) in [5.41, 5.74) is 3.65. The molecule has 1 aromatic heterocycles. The molecule has 7 heteroatoms. The summed E-state index contributed by atoms with van der Waals surface area (Å²) in [4.78, 5) is 4.29. The number of ether oxygens (including phenoxy) is 1. The second kappa shape index (κ2) is 12.5. The average Bonchev–Trinajstić information content (AvgIpc) is 2.78. The minimum Gasteiger partial charge on any atom is -0.378 e. The molecule has 25 heavy (non-hydrogen) atoms. The van der Waals surface area contributed by atoms with Gasteiger partial charge in [-0.05, 0) is 45.1 Å². The Hall–Kier alpha value is -0.830. The Kier molecular flexibility index (Phi) is 12.1. The molecule has 1 atom stereocenters. The van der Waals surface area contributed by atoms with Gasteiger partial charge in [-0.25, -0.2) is 0 Å². The molecule has 0 bridgehead atoms. The maximum atomic E-state index is 5.78. The third-order valence-corrected chi connectivity index (χ3v) is 4.40. The number of rotatable bonds is 9. The maximum absolute atomic E-state index is 5.78. The van der Waals surface area contributed by atoms with Gasteiger partial charge in [0.15, 0.2) is 5.96 Å². The molecule has 2 N–H and O–H groups in total. The van der Waals surface area contributed by atoms with Crippen molar-refractivity contribution in [2.24, 2.45) is 18.0 Å². The van der Waals surface area contributed by atoms with Gasteiger partial charge in [0, 0.05) is 39.5 Å². The molecule has 0 spiro atoms. The van der Waals surface area contributed by atoms with Crippen LogP contribution in [-0.4, -0.2) is 48.6 Å². The molecular formula is C18H36IN5O. The molecular weight excluding hydrogens is 429 g/mol. The summed E-state index contributed by atoms with van der Waals surface area (Å²) in [7, 11) is 3.79. The van der Waals surface area contributed by atoms with Crippen LogP contribution in [0.5, 0.6) is 0 Å². The van der Waals surface area contributed by atoms with Gasteiger partial charge < -0.3 is 15.4 Å². The van der Waals surface area contributed by atoms with Gasteiger partial charge in [0.1, 0.15) is 0 Å². The zero-order valence-electron chi connectivity index (χ0n) is 16.8. The van der Waals surface area contributed by atoms with Crippen molar-refractivity contribution < 1.29 is 4.74 Å². The lowest BCUT2D eigenvalue weighted by atomic mass is 10.0. The van der Waals surface area contributed by atoms with Crippen LogP contribution in [0.1, 0.15) is 44.1 Å². The number of nitrogens with zero attached hydrogens (tertiary/aromatic N) is 3. The van der Waals surface area contributed by atoms with Crippen LogP contribution in [0.25, 0.3) is 0 Å². The van der Waals surface area contributed by atoms with Gasteiger partial charge in [0.25, 0.3) is 0 Å². The molecule has 6 nitrogen and oxygen atoms in total. The molecule has 1 unspecified atom stereocenters. The lowest BCUT2D eigenvalue weighted by molar-refractivity contribution is 0.0258. The van der Waals surface area contributed by atoms with E-state index < -0.39 is 0 Å². The van der Waals surface area contributed by atoms with Crippen molar-refractivity contribution in [3.05, 3.63) is 17.0 Å². The zero-order valence-corrected chi connectivity index (χ0v) is 19.2. The summed E-state index contributed by atoms with van der Waals surface area (Å²) in [6, 6.07) is 0. The number of aryl methyl sites for hydroxylation is 2. The fourth-order valence-corrected chi connectivity index (χ4v) is 2.86. The molecule has 1 heterocycles. The van der Waals surface area contributed by atoms with E-state index in [0.717, 1.165) is 44.2 Å². The Balaban J connectivity index is 0.00000576. The first-order valence-corrected chi connectivity index (χ1v) is 8.95. The minimum atomic E-state index is 0. The van der Waals surface area contributed by atoms with Crippen LogP contribution in [0.2, 0.25) is 0 Å². The van der Waals surface area contributed by atoms with Gasteiger partial charge >= 0.3 is 0 Å². The Bertz CT molecular complexity index is 528. The number of guanidine groups is 1. The van der Waals surface area contributed by atoms with Crippen molar-refractivity contribution in [3.63, 3.8) is 0 Å². The van der Waals surface area contributed by atoms with E-state index in [1.165, 1.54) is 11.3 Å². The molecule has 0 saturated carbocycles. The molecule has 146 valence electrons. The lowest BCUT2D eigenvalue weighted by Gasteiger charge is -2.21. The molecule has 0 amide bonds. The van der Waals surface area contributed by atoms with Crippen molar-refractivity contribution in [2.75, 3.05) is 26.7 Å². The molecule has 0 aliphatic carbocycles. The molecule has 0 fully saturated rings. The predicted molar refractivity (Wildman–Crippen MR) is 116 cm³/mol.